The molecular formula is C46H27N3OS. The molecule has 0 bridgehead atoms. The molecule has 0 saturated heterocycles. The molecule has 0 radical (unpaired) electrons. The number of nitrogens with zero attached hydrogens (tertiary/aromatic N) is 3. The minimum Gasteiger partial charge on any atom is -0.456 e. The maximum absolute atomic E-state index is 6.46. The SMILES string of the molecule is c1ccc(-c2nc(-c3ccc4oc5ccc6sc7ccccc7c6c5c4c3)cc(-c3cccc4c5ccccc5n(-c5ccccc5)c34)n2)cc1. The lowest BCUT2D eigenvalue weighted by molar-refractivity contribution is 0.669. The van der Waals surface area contributed by atoms with E-state index in [0.717, 1.165) is 66.7 Å². The average molecular weight is 670 g/mol. The van der Waals surface area contributed by atoms with Crippen LogP contribution < -0.4 is 0 Å². The first-order valence-corrected chi connectivity index (χ1v) is 17.9. The molecule has 0 atom stereocenters. The second-order valence-electron chi connectivity index (χ2n) is 12.9. The van der Waals surface area contributed by atoms with Gasteiger partial charge in [0, 0.05) is 64.1 Å². The van der Waals surface area contributed by atoms with Crippen LogP contribution in [0.4, 0.5) is 0 Å². The maximum Gasteiger partial charge on any atom is 0.160 e. The number of thiophene rings is 1. The minimum atomic E-state index is 0.686. The van der Waals surface area contributed by atoms with Crippen molar-refractivity contribution in [3.05, 3.63) is 164 Å². The van der Waals surface area contributed by atoms with Gasteiger partial charge in [-0.2, -0.15) is 0 Å². The summed E-state index contributed by atoms with van der Waals surface area (Å²) in [6.45, 7) is 0. The Hall–Kier alpha value is -6.56. The van der Waals surface area contributed by atoms with Crippen molar-refractivity contribution in [3.63, 3.8) is 0 Å². The van der Waals surface area contributed by atoms with Crippen LogP contribution in [0.15, 0.2) is 168 Å². The fraction of sp³-hybridized carbons (Fsp3) is 0. The van der Waals surface area contributed by atoms with E-state index < -0.39 is 0 Å². The Bertz CT molecular complexity index is 3140. The van der Waals surface area contributed by atoms with Crippen molar-refractivity contribution in [1.29, 1.82) is 0 Å². The van der Waals surface area contributed by atoms with Crippen LogP contribution in [0, 0.1) is 0 Å². The molecule has 11 rings (SSSR count). The lowest BCUT2D eigenvalue weighted by atomic mass is 10.0. The second-order valence-corrected chi connectivity index (χ2v) is 14.0. The van der Waals surface area contributed by atoms with Crippen LogP contribution in [0.3, 0.4) is 0 Å². The van der Waals surface area contributed by atoms with Crippen LogP contribution in [-0.2, 0) is 0 Å². The first-order valence-electron chi connectivity index (χ1n) is 17.1. The van der Waals surface area contributed by atoms with E-state index in [-0.39, 0.29) is 0 Å². The van der Waals surface area contributed by atoms with Gasteiger partial charge in [0.2, 0.25) is 0 Å². The van der Waals surface area contributed by atoms with Gasteiger partial charge in [0.25, 0.3) is 0 Å². The first-order chi connectivity index (χ1) is 25.3. The molecule has 4 heterocycles. The second kappa shape index (κ2) is 11.0. The molecule has 7 aromatic carbocycles. The van der Waals surface area contributed by atoms with Gasteiger partial charge in [0.05, 0.1) is 22.4 Å². The predicted molar refractivity (Wildman–Crippen MR) is 213 cm³/mol. The van der Waals surface area contributed by atoms with Crippen molar-refractivity contribution in [3.8, 4) is 39.6 Å². The Balaban J connectivity index is 1.20. The predicted octanol–water partition coefficient (Wildman–Crippen LogP) is 12.8. The van der Waals surface area contributed by atoms with Gasteiger partial charge < -0.3 is 8.98 Å². The molecule has 51 heavy (non-hydrogen) atoms. The maximum atomic E-state index is 6.46. The lowest BCUT2D eigenvalue weighted by Crippen LogP contribution is -1.99. The van der Waals surface area contributed by atoms with Crippen LogP contribution in [-0.4, -0.2) is 14.5 Å². The van der Waals surface area contributed by atoms with E-state index in [1.165, 1.54) is 30.9 Å². The summed E-state index contributed by atoms with van der Waals surface area (Å²) in [5.41, 5.74) is 9.91. The number of fused-ring (bicyclic) bond motifs is 10. The van der Waals surface area contributed by atoms with Crippen molar-refractivity contribution in [2.45, 2.75) is 0 Å². The number of rotatable bonds is 4. The van der Waals surface area contributed by atoms with Crippen molar-refractivity contribution in [2.24, 2.45) is 0 Å². The quantitative estimate of drug-likeness (QED) is 0.187. The van der Waals surface area contributed by atoms with Gasteiger partial charge in [-0.25, -0.2) is 9.97 Å². The molecule has 11 aromatic rings. The molecule has 4 nitrogen and oxygen atoms in total. The van der Waals surface area contributed by atoms with Crippen LogP contribution >= 0.6 is 11.3 Å². The summed E-state index contributed by atoms with van der Waals surface area (Å²) in [7, 11) is 0. The van der Waals surface area contributed by atoms with Gasteiger partial charge in [-0.15, -0.1) is 11.3 Å². The number of aromatic nitrogens is 3. The summed E-state index contributed by atoms with van der Waals surface area (Å²) >= 11 is 1.83. The van der Waals surface area contributed by atoms with Crippen molar-refractivity contribution in [1.82, 2.24) is 14.5 Å². The van der Waals surface area contributed by atoms with Gasteiger partial charge in [0.1, 0.15) is 11.2 Å². The molecule has 0 aliphatic rings. The van der Waals surface area contributed by atoms with Crippen molar-refractivity contribution in [2.75, 3.05) is 0 Å². The van der Waals surface area contributed by atoms with Gasteiger partial charge in [-0.3, -0.25) is 0 Å². The number of para-hydroxylation sites is 3. The highest BCUT2D eigenvalue weighted by Gasteiger charge is 2.20. The lowest BCUT2D eigenvalue weighted by Gasteiger charge is -2.13. The fourth-order valence-corrected chi connectivity index (χ4v) is 8.88. The van der Waals surface area contributed by atoms with E-state index >= 15 is 0 Å². The van der Waals surface area contributed by atoms with E-state index in [1.54, 1.807) is 0 Å². The molecule has 0 fully saturated rings. The van der Waals surface area contributed by atoms with Crippen LogP contribution in [0.2, 0.25) is 0 Å². The summed E-state index contributed by atoms with van der Waals surface area (Å²) in [5.74, 6) is 0.686. The molecule has 0 aliphatic heterocycles. The van der Waals surface area contributed by atoms with Crippen molar-refractivity contribution < 1.29 is 4.42 Å². The monoisotopic (exact) mass is 669 g/mol. The Morgan fingerprint density at radius 3 is 2.08 bits per heavy atom. The van der Waals surface area contributed by atoms with Crippen LogP contribution in [0.25, 0.3) is 104 Å². The van der Waals surface area contributed by atoms with Crippen molar-refractivity contribution >= 4 is 75.3 Å². The zero-order valence-electron chi connectivity index (χ0n) is 27.2. The third kappa shape index (κ3) is 4.32. The number of hydrogen-bond acceptors (Lipinski definition) is 4. The third-order valence-electron chi connectivity index (χ3n) is 10.0. The average Bonchev–Trinajstić information content (AvgIpc) is 3.87. The largest absolute Gasteiger partial charge is 0.456 e. The molecular weight excluding hydrogens is 643 g/mol. The molecule has 0 aliphatic carbocycles. The highest BCUT2D eigenvalue weighted by atomic mass is 32.1. The van der Waals surface area contributed by atoms with E-state index in [2.05, 4.69) is 150 Å². The standard InChI is InChI=1S/C46H27N3OS/c1-3-12-28(13-4-1)46-47-36(29-22-23-39-35(26-29)43-40(50-39)24-25-42-44(43)34-17-8-10-21-41(34)51-42)27-37(48-46)33-19-11-18-32-31-16-7-9-20-38(31)49(45(32)33)30-14-5-2-6-15-30/h1-27H. The summed E-state index contributed by atoms with van der Waals surface area (Å²) in [4.78, 5) is 10.5. The number of benzene rings is 7. The van der Waals surface area contributed by atoms with Crippen LogP contribution in [0.5, 0.6) is 0 Å². The van der Waals surface area contributed by atoms with E-state index in [1.807, 2.05) is 29.5 Å². The first kappa shape index (κ1) is 28.3. The van der Waals surface area contributed by atoms with E-state index in [0.29, 0.717) is 5.82 Å². The topological polar surface area (TPSA) is 43.9 Å². The third-order valence-corrected chi connectivity index (χ3v) is 11.1. The van der Waals surface area contributed by atoms with Gasteiger partial charge >= 0.3 is 0 Å². The Kier molecular flexibility index (Phi) is 6.09. The van der Waals surface area contributed by atoms with E-state index in [4.69, 9.17) is 14.4 Å². The molecule has 0 saturated carbocycles. The fourth-order valence-electron chi connectivity index (χ4n) is 7.76. The zero-order valence-corrected chi connectivity index (χ0v) is 28.1. The zero-order chi connectivity index (χ0) is 33.5. The Morgan fingerprint density at radius 2 is 1.20 bits per heavy atom. The highest BCUT2D eigenvalue weighted by molar-refractivity contribution is 7.26. The number of hydrogen-bond donors (Lipinski definition) is 0. The summed E-state index contributed by atoms with van der Waals surface area (Å²) in [5, 5.41) is 7.14. The summed E-state index contributed by atoms with van der Waals surface area (Å²) < 4.78 is 11.4. The highest BCUT2D eigenvalue weighted by Crippen LogP contribution is 2.44. The normalized spacial score (nSPS) is 11.9. The molecule has 238 valence electrons. The molecule has 0 spiro atoms. The molecule has 0 amide bonds. The Morgan fingerprint density at radius 1 is 0.471 bits per heavy atom. The van der Waals surface area contributed by atoms with Gasteiger partial charge in [-0.05, 0) is 60.7 Å². The summed E-state index contributed by atoms with van der Waals surface area (Å²) in [6.07, 6.45) is 0. The van der Waals surface area contributed by atoms with Gasteiger partial charge in [-0.1, -0.05) is 103 Å². The summed E-state index contributed by atoms with van der Waals surface area (Å²) in [6, 6.07) is 57.6. The number of furan rings is 1. The van der Waals surface area contributed by atoms with Gasteiger partial charge in [0.15, 0.2) is 5.82 Å². The molecule has 4 aromatic heterocycles. The minimum absolute atomic E-state index is 0.686. The smallest absolute Gasteiger partial charge is 0.160 e. The van der Waals surface area contributed by atoms with Crippen LogP contribution in [0.1, 0.15) is 0 Å². The molecule has 0 unspecified atom stereocenters. The Labute approximate surface area is 296 Å². The van der Waals surface area contributed by atoms with E-state index in [9.17, 15) is 0 Å². The molecule has 5 heteroatoms. The molecule has 0 N–H and O–H groups in total.